The number of amides is 1. The number of carbonyl (C=O) groups is 1. The Morgan fingerprint density at radius 3 is 2.42 bits per heavy atom. The van der Waals surface area contributed by atoms with E-state index in [1.807, 2.05) is 13.8 Å². The Labute approximate surface area is 218 Å². The Balaban J connectivity index is 1.75. The molecule has 0 aromatic heterocycles. The molecule has 2 aromatic carbocycles. The van der Waals surface area contributed by atoms with E-state index in [2.05, 4.69) is 10.0 Å². The molecule has 0 radical (unpaired) electrons. The molecule has 2 aromatic rings. The normalized spacial score (nSPS) is 24.5. The second-order valence-electron chi connectivity index (χ2n) is 9.16. The molecule has 4 atom stereocenters. The molecule has 12 heteroatoms. The molecule has 3 N–H and O–H groups in total. The molecule has 0 aliphatic heterocycles. The van der Waals surface area contributed by atoms with Gasteiger partial charge in [-0.2, -0.15) is 0 Å². The van der Waals surface area contributed by atoms with Crippen LogP contribution in [-0.4, -0.2) is 43.1 Å². The second kappa shape index (κ2) is 11.3. The van der Waals surface area contributed by atoms with Crippen LogP contribution in [0.1, 0.15) is 43.5 Å². The summed E-state index contributed by atoms with van der Waals surface area (Å²) in [7, 11) is -3.46. The van der Waals surface area contributed by atoms with Crippen LogP contribution < -0.4 is 10.0 Å². The van der Waals surface area contributed by atoms with E-state index in [9.17, 15) is 31.5 Å². The van der Waals surface area contributed by atoms with Crippen molar-refractivity contribution in [1.82, 2.24) is 4.72 Å². The number of thioether (sulfide) groups is 1. The highest BCUT2D eigenvalue weighted by atomic mass is 35.5. The van der Waals surface area contributed by atoms with Crippen molar-refractivity contribution in [2.24, 2.45) is 11.8 Å². The van der Waals surface area contributed by atoms with Gasteiger partial charge in [-0.05, 0) is 42.9 Å². The van der Waals surface area contributed by atoms with Gasteiger partial charge < -0.3 is 10.4 Å². The van der Waals surface area contributed by atoms with E-state index < -0.39 is 39.0 Å². The quantitative estimate of drug-likeness (QED) is 0.383. The Bertz CT molecular complexity index is 1220. The number of benzene rings is 2. The average molecular weight is 565 g/mol. The summed E-state index contributed by atoms with van der Waals surface area (Å²) in [5.41, 5.74) is -1.23. The molecule has 0 heterocycles. The molecule has 1 unspecified atom stereocenters. The third kappa shape index (κ3) is 6.74. The van der Waals surface area contributed by atoms with Gasteiger partial charge in [-0.3, -0.25) is 4.79 Å². The van der Waals surface area contributed by atoms with Crippen molar-refractivity contribution in [3.05, 3.63) is 58.4 Å². The number of aliphatic hydroxyl groups is 1. The maximum atomic E-state index is 13.5. The van der Waals surface area contributed by atoms with Crippen LogP contribution in [0.25, 0.3) is 0 Å². The van der Waals surface area contributed by atoms with Gasteiger partial charge in [0.2, 0.25) is 10.0 Å². The highest BCUT2D eigenvalue weighted by Gasteiger charge is 2.46. The number of anilines is 1. The number of hydrogen-bond donors (Lipinski definition) is 3. The van der Waals surface area contributed by atoms with Gasteiger partial charge in [0.15, 0.2) is 17.5 Å². The molecule has 1 amide bonds. The Morgan fingerprint density at radius 2 is 1.83 bits per heavy atom. The third-order valence-corrected chi connectivity index (χ3v) is 8.98. The van der Waals surface area contributed by atoms with Crippen molar-refractivity contribution in [1.29, 1.82) is 0 Å². The van der Waals surface area contributed by atoms with Gasteiger partial charge in [0.25, 0.3) is 5.91 Å². The van der Waals surface area contributed by atoms with Crippen molar-refractivity contribution >= 4 is 45.0 Å². The lowest BCUT2D eigenvalue weighted by Crippen LogP contribution is -2.56. The summed E-state index contributed by atoms with van der Waals surface area (Å²) in [5.74, 6) is -5.48. The summed E-state index contributed by atoms with van der Waals surface area (Å²) in [6, 6.07) is 5.95. The summed E-state index contributed by atoms with van der Waals surface area (Å²) in [6.07, 6.45) is 2.89. The average Bonchev–Trinajstić information content (AvgIpc) is 2.79. The van der Waals surface area contributed by atoms with Gasteiger partial charge in [0, 0.05) is 40.1 Å². The Kier molecular flexibility index (Phi) is 9.04. The van der Waals surface area contributed by atoms with Gasteiger partial charge in [-0.15, -0.1) is 11.8 Å². The molecule has 1 aliphatic rings. The second-order valence-corrected chi connectivity index (χ2v) is 12.7. The fourth-order valence-electron chi connectivity index (χ4n) is 4.55. The van der Waals surface area contributed by atoms with Gasteiger partial charge in [-0.1, -0.05) is 31.9 Å². The van der Waals surface area contributed by atoms with E-state index >= 15 is 0 Å². The van der Waals surface area contributed by atoms with Crippen molar-refractivity contribution in [3.8, 4) is 0 Å². The first-order valence-electron chi connectivity index (χ1n) is 11.3. The molecule has 1 fully saturated rings. The third-order valence-electron chi connectivity index (χ3n) is 6.56. The fourth-order valence-corrected chi connectivity index (χ4v) is 6.74. The summed E-state index contributed by atoms with van der Waals surface area (Å²) >= 11 is 7.83. The van der Waals surface area contributed by atoms with E-state index in [1.54, 1.807) is 12.1 Å². The predicted octanol–water partition coefficient (Wildman–Crippen LogP) is 5.21. The molecule has 0 bridgehead atoms. The highest BCUT2D eigenvalue weighted by molar-refractivity contribution is 8.00. The lowest BCUT2D eigenvalue weighted by Gasteiger charge is -2.47. The minimum Gasteiger partial charge on any atom is -0.388 e. The first kappa shape index (κ1) is 28.8. The van der Waals surface area contributed by atoms with Crippen LogP contribution in [0.3, 0.4) is 0 Å². The van der Waals surface area contributed by atoms with Crippen molar-refractivity contribution in [2.75, 3.05) is 18.1 Å². The number of rotatable bonds is 8. The van der Waals surface area contributed by atoms with Crippen LogP contribution in [0.5, 0.6) is 0 Å². The molecule has 1 saturated carbocycles. The van der Waals surface area contributed by atoms with Crippen LogP contribution in [-0.2, 0) is 10.0 Å². The first-order valence-corrected chi connectivity index (χ1v) is 14.5. The van der Waals surface area contributed by atoms with Crippen LogP contribution in [0, 0.1) is 29.3 Å². The molecule has 198 valence electrons. The molecule has 3 rings (SSSR count). The standard InChI is InChI=1S/C24H28ClF3N2O4S2/c1-4-15-9-17(7-13(2)24(15,32)12-29-36(3,33)34)35-21-8-14(5-6-18(21)25)23(31)30-16-10-19(26)22(28)20(27)11-16/h5-6,8,10-11,13,15,17,29,32H,4,7,9,12H2,1-3H3,(H,30,31)/t13-,15?,17-,24-/m0/s1. The topological polar surface area (TPSA) is 95.5 Å². The molecule has 6 nitrogen and oxygen atoms in total. The summed E-state index contributed by atoms with van der Waals surface area (Å²) in [6.45, 7) is 3.75. The molecular weight excluding hydrogens is 537 g/mol. The van der Waals surface area contributed by atoms with E-state index in [1.165, 1.54) is 17.8 Å². The van der Waals surface area contributed by atoms with Crippen molar-refractivity contribution < 1.29 is 31.5 Å². The molecule has 0 spiro atoms. The zero-order valence-electron chi connectivity index (χ0n) is 19.9. The van der Waals surface area contributed by atoms with Gasteiger partial charge in [-0.25, -0.2) is 26.3 Å². The summed E-state index contributed by atoms with van der Waals surface area (Å²) < 4.78 is 65.8. The lowest BCUT2D eigenvalue weighted by molar-refractivity contribution is -0.0825. The predicted molar refractivity (Wildman–Crippen MR) is 135 cm³/mol. The number of nitrogens with one attached hydrogen (secondary N) is 2. The van der Waals surface area contributed by atoms with Crippen molar-refractivity contribution in [3.63, 3.8) is 0 Å². The zero-order chi connectivity index (χ0) is 26.8. The zero-order valence-corrected chi connectivity index (χ0v) is 22.3. The largest absolute Gasteiger partial charge is 0.388 e. The highest BCUT2D eigenvalue weighted by Crippen LogP contribution is 2.46. The van der Waals surface area contributed by atoms with E-state index in [0.29, 0.717) is 41.3 Å². The minimum absolute atomic E-state index is 0.0413. The minimum atomic E-state index is -3.46. The number of hydrogen-bond acceptors (Lipinski definition) is 5. The Hall–Kier alpha value is -1.79. The Morgan fingerprint density at radius 1 is 1.19 bits per heavy atom. The molecule has 36 heavy (non-hydrogen) atoms. The van der Waals surface area contributed by atoms with E-state index in [0.717, 1.165) is 6.26 Å². The van der Waals surface area contributed by atoms with Gasteiger partial charge >= 0.3 is 0 Å². The lowest BCUT2D eigenvalue weighted by atomic mass is 9.68. The molecule has 1 aliphatic carbocycles. The summed E-state index contributed by atoms with van der Waals surface area (Å²) in [5, 5.41) is 14.1. The summed E-state index contributed by atoms with van der Waals surface area (Å²) in [4.78, 5) is 13.3. The van der Waals surface area contributed by atoms with Crippen LogP contribution in [0.4, 0.5) is 18.9 Å². The van der Waals surface area contributed by atoms with Crippen LogP contribution >= 0.6 is 23.4 Å². The van der Waals surface area contributed by atoms with Crippen LogP contribution in [0.2, 0.25) is 5.02 Å². The number of sulfonamides is 1. The van der Waals surface area contributed by atoms with E-state index in [4.69, 9.17) is 11.6 Å². The van der Waals surface area contributed by atoms with Gasteiger partial charge in [0.05, 0.1) is 16.9 Å². The smallest absolute Gasteiger partial charge is 0.255 e. The monoisotopic (exact) mass is 564 g/mol. The molecule has 0 saturated heterocycles. The van der Waals surface area contributed by atoms with Crippen molar-refractivity contribution in [2.45, 2.75) is 48.9 Å². The molecular formula is C24H28ClF3N2O4S2. The maximum Gasteiger partial charge on any atom is 0.255 e. The first-order chi connectivity index (χ1) is 16.7. The van der Waals surface area contributed by atoms with E-state index in [-0.39, 0.29) is 34.9 Å². The van der Waals surface area contributed by atoms with Gasteiger partial charge in [0.1, 0.15) is 0 Å². The maximum absolute atomic E-state index is 13.5. The number of carbonyl (C=O) groups excluding carboxylic acids is 1. The SMILES string of the molecule is CCC1C[C@@H](Sc2cc(C(=O)Nc3cc(F)c(F)c(F)c3)ccc2Cl)C[C@H](C)[C@@]1(O)CNS(C)(=O)=O. The fraction of sp³-hybridized carbons (Fsp3) is 0.458. The number of halogens is 4. The van der Waals surface area contributed by atoms with Crippen LogP contribution in [0.15, 0.2) is 35.2 Å².